The number of aliphatic carboxylic acids is 1. The van der Waals surface area contributed by atoms with E-state index in [4.69, 9.17) is 5.11 Å². The van der Waals surface area contributed by atoms with E-state index < -0.39 is 34.0 Å². The number of aromatic nitrogens is 1. The first-order valence-electron chi connectivity index (χ1n) is 5.68. The largest absolute Gasteiger partial charge is 0.481 e. The fraction of sp³-hybridized carbons (Fsp3) is 0.545. The highest BCUT2D eigenvalue weighted by Crippen LogP contribution is 2.37. The number of likely N-dealkylation sites (tertiary alicyclic amines) is 1. The molecule has 1 amide bonds. The number of hydrogen-bond acceptors (Lipinski definition) is 4. The van der Waals surface area contributed by atoms with Crippen LogP contribution in [0.5, 0.6) is 0 Å². The van der Waals surface area contributed by atoms with Crippen LogP contribution in [-0.2, 0) is 11.0 Å². The molecule has 2 rings (SSSR count). The molecule has 0 bridgehead atoms. The zero-order chi connectivity index (χ0) is 15.1. The third kappa shape index (κ3) is 2.49. The molecule has 5 nitrogen and oxygen atoms in total. The number of amides is 1. The van der Waals surface area contributed by atoms with E-state index in [0.717, 1.165) is 10.4 Å². The quantitative estimate of drug-likeness (QED) is 0.908. The number of carboxylic acids is 1. The van der Waals surface area contributed by atoms with E-state index in [-0.39, 0.29) is 19.5 Å². The van der Waals surface area contributed by atoms with Crippen LogP contribution in [0.2, 0.25) is 0 Å². The molecule has 0 aromatic carbocycles. The maximum Gasteiger partial charge on any atom is 0.427 e. The molecule has 1 unspecified atom stereocenters. The van der Waals surface area contributed by atoms with Crippen molar-refractivity contribution in [1.82, 2.24) is 9.88 Å². The van der Waals surface area contributed by atoms with E-state index in [9.17, 15) is 22.8 Å². The molecule has 110 valence electrons. The molecule has 20 heavy (non-hydrogen) atoms. The molecule has 1 aromatic rings. The van der Waals surface area contributed by atoms with Gasteiger partial charge in [0.15, 0.2) is 5.69 Å². The van der Waals surface area contributed by atoms with Crippen LogP contribution in [0.4, 0.5) is 13.2 Å². The van der Waals surface area contributed by atoms with Gasteiger partial charge in [-0.05, 0) is 13.3 Å². The lowest BCUT2D eigenvalue weighted by molar-refractivity contribution is -0.147. The van der Waals surface area contributed by atoms with E-state index in [1.807, 2.05) is 0 Å². The lowest BCUT2D eigenvalue weighted by Gasteiger charge is -2.20. The molecule has 9 heteroatoms. The molecule has 1 fully saturated rings. The smallest absolute Gasteiger partial charge is 0.427 e. The van der Waals surface area contributed by atoms with E-state index in [1.165, 1.54) is 6.92 Å². The second-order valence-corrected chi connectivity index (χ2v) is 5.73. The Balaban J connectivity index is 2.23. The van der Waals surface area contributed by atoms with Gasteiger partial charge in [0.05, 0.1) is 10.9 Å². The van der Waals surface area contributed by atoms with Crippen LogP contribution < -0.4 is 0 Å². The summed E-state index contributed by atoms with van der Waals surface area (Å²) in [6.45, 7) is 1.46. The van der Waals surface area contributed by atoms with E-state index in [2.05, 4.69) is 4.98 Å². The molecule has 0 spiro atoms. The summed E-state index contributed by atoms with van der Waals surface area (Å²) in [5.41, 5.74) is -0.816. The number of thiazole rings is 1. The number of alkyl halides is 3. The topological polar surface area (TPSA) is 70.5 Å². The van der Waals surface area contributed by atoms with Gasteiger partial charge in [0.25, 0.3) is 5.91 Å². The first-order valence-corrected chi connectivity index (χ1v) is 6.56. The Labute approximate surface area is 116 Å². The summed E-state index contributed by atoms with van der Waals surface area (Å²) < 4.78 is 38.1. The molecule has 0 aliphatic carbocycles. The second kappa shape index (κ2) is 4.72. The molecule has 1 aliphatic heterocycles. The number of carbonyl (C=O) groups excluding carboxylic acids is 1. The van der Waals surface area contributed by atoms with Gasteiger partial charge in [-0.25, -0.2) is 4.98 Å². The Morgan fingerprint density at radius 3 is 2.65 bits per heavy atom. The van der Waals surface area contributed by atoms with Crippen molar-refractivity contribution >= 4 is 23.2 Å². The minimum atomic E-state index is -4.64. The van der Waals surface area contributed by atoms with Gasteiger partial charge in [0.1, 0.15) is 4.88 Å². The fourth-order valence-electron chi connectivity index (χ4n) is 2.06. The van der Waals surface area contributed by atoms with Crippen LogP contribution in [-0.4, -0.2) is 40.0 Å². The SMILES string of the molecule is CC1(C(=O)O)CCN(C(=O)c2ncsc2C(F)(F)F)C1. The fourth-order valence-corrected chi connectivity index (χ4v) is 2.71. The van der Waals surface area contributed by atoms with Gasteiger partial charge in [0.2, 0.25) is 0 Å². The number of carboxylic acid groups (broad SMARTS) is 1. The van der Waals surface area contributed by atoms with E-state index >= 15 is 0 Å². The first-order chi connectivity index (χ1) is 9.15. The van der Waals surface area contributed by atoms with Gasteiger partial charge in [-0.3, -0.25) is 9.59 Å². The lowest BCUT2D eigenvalue weighted by Crippen LogP contribution is -2.35. The number of rotatable bonds is 2. The molecular formula is C11H11F3N2O3S. The monoisotopic (exact) mass is 308 g/mol. The normalized spacial score (nSPS) is 23.1. The highest BCUT2D eigenvalue weighted by atomic mass is 32.1. The van der Waals surface area contributed by atoms with Gasteiger partial charge in [-0.15, -0.1) is 11.3 Å². The van der Waals surface area contributed by atoms with Crippen LogP contribution in [0.1, 0.15) is 28.7 Å². The summed E-state index contributed by atoms with van der Waals surface area (Å²) in [5, 5.41) is 9.05. The van der Waals surface area contributed by atoms with Crippen molar-refractivity contribution in [2.45, 2.75) is 19.5 Å². The van der Waals surface area contributed by atoms with Crippen molar-refractivity contribution in [3.05, 3.63) is 16.1 Å². The number of halogens is 3. The molecular weight excluding hydrogens is 297 g/mol. The highest BCUT2D eigenvalue weighted by molar-refractivity contribution is 7.10. The standard InChI is InChI=1S/C11H11F3N2O3S/c1-10(9(18)19)2-3-16(4-10)8(17)6-7(11(12,13)14)20-5-15-6/h5H,2-4H2,1H3,(H,18,19). The summed E-state index contributed by atoms with van der Waals surface area (Å²) in [4.78, 5) is 26.7. The van der Waals surface area contributed by atoms with E-state index in [0.29, 0.717) is 11.3 Å². The second-order valence-electron chi connectivity index (χ2n) is 4.87. The Morgan fingerprint density at radius 2 is 2.15 bits per heavy atom. The summed E-state index contributed by atoms with van der Waals surface area (Å²) in [7, 11) is 0. The van der Waals surface area contributed by atoms with Crippen LogP contribution in [0.15, 0.2) is 5.51 Å². The molecule has 1 N–H and O–H groups in total. The summed E-state index contributed by atoms with van der Waals surface area (Å²) in [5.74, 6) is -1.94. The number of hydrogen-bond donors (Lipinski definition) is 1. The van der Waals surface area contributed by atoms with Crippen molar-refractivity contribution in [2.75, 3.05) is 13.1 Å². The zero-order valence-electron chi connectivity index (χ0n) is 10.4. The molecule has 2 heterocycles. The van der Waals surface area contributed by atoms with Crippen LogP contribution >= 0.6 is 11.3 Å². The number of nitrogens with zero attached hydrogens (tertiary/aromatic N) is 2. The van der Waals surface area contributed by atoms with Gasteiger partial charge in [-0.1, -0.05) is 0 Å². The summed E-state index contributed by atoms with van der Waals surface area (Å²) >= 11 is 0.350. The first kappa shape index (κ1) is 14.8. The third-order valence-electron chi connectivity index (χ3n) is 3.30. The highest BCUT2D eigenvalue weighted by Gasteiger charge is 2.45. The molecule has 1 atom stereocenters. The Kier molecular flexibility index (Phi) is 3.49. The predicted octanol–water partition coefficient (Wildman–Crippen LogP) is 2.10. The predicted molar refractivity (Wildman–Crippen MR) is 63.4 cm³/mol. The van der Waals surface area contributed by atoms with Gasteiger partial charge >= 0.3 is 12.1 Å². The molecule has 1 aromatic heterocycles. The van der Waals surface area contributed by atoms with Crippen molar-refractivity contribution in [3.63, 3.8) is 0 Å². The van der Waals surface area contributed by atoms with Gasteiger partial charge in [0, 0.05) is 13.1 Å². The van der Waals surface area contributed by atoms with Crippen molar-refractivity contribution in [3.8, 4) is 0 Å². The van der Waals surface area contributed by atoms with Gasteiger partial charge < -0.3 is 10.0 Å². The molecule has 0 radical (unpaired) electrons. The van der Waals surface area contributed by atoms with Gasteiger partial charge in [-0.2, -0.15) is 13.2 Å². The summed E-state index contributed by atoms with van der Waals surface area (Å²) in [6, 6.07) is 0. The minimum absolute atomic E-state index is 0.108. The molecule has 1 saturated heterocycles. The Bertz CT molecular complexity index is 557. The number of carbonyl (C=O) groups is 2. The van der Waals surface area contributed by atoms with Crippen LogP contribution in [0.3, 0.4) is 0 Å². The Morgan fingerprint density at radius 1 is 1.50 bits per heavy atom. The maximum absolute atomic E-state index is 12.7. The summed E-state index contributed by atoms with van der Waals surface area (Å²) in [6.07, 6.45) is -4.43. The average Bonchev–Trinajstić information content (AvgIpc) is 2.94. The minimum Gasteiger partial charge on any atom is -0.481 e. The molecule has 0 saturated carbocycles. The average molecular weight is 308 g/mol. The maximum atomic E-state index is 12.7. The lowest BCUT2D eigenvalue weighted by atomic mass is 9.90. The Hall–Kier alpha value is -1.64. The van der Waals surface area contributed by atoms with Crippen molar-refractivity contribution in [2.24, 2.45) is 5.41 Å². The zero-order valence-corrected chi connectivity index (χ0v) is 11.2. The van der Waals surface area contributed by atoms with Crippen LogP contribution in [0.25, 0.3) is 0 Å². The molecule has 1 aliphatic rings. The van der Waals surface area contributed by atoms with Crippen molar-refractivity contribution in [1.29, 1.82) is 0 Å². The van der Waals surface area contributed by atoms with E-state index in [1.54, 1.807) is 0 Å². The van der Waals surface area contributed by atoms with Crippen molar-refractivity contribution < 1.29 is 27.9 Å². The third-order valence-corrected chi connectivity index (χ3v) is 4.18. The van der Waals surface area contributed by atoms with Crippen LogP contribution in [0, 0.1) is 5.41 Å².